The van der Waals surface area contributed by atoms with Gasteiger partial charge in [-0.3, -0.25) is 4.79 Å². The maximum Gasteiger partial charge on any atom is 0.333 e. The number of aromatic amines is 1. The van der Waals surface area contributed by atoms with E-state index in [2.05, 4.69) is 37.0 Å². The first-order valence-corrected chi connectivity index (χ1v) is 12.9. The van der Waals surface area contributed by atoms with Gasteiger partial charge in [0.05, 0.1) is 12.2 Å². The maximum atomic E-state index is 12.6. The molecule has 1 atom stereocenters. The smallest absolute Gasteiger partial charge is 0.333 e. The van der Waals surface area contributed by atoms with Crippen molar-refractivity contribution in [3.63, 3.8) is 0 Å². The number of benzene rings is 1. The third kappa shape index (κ3) is 8.08. The van der Waals surface area contributed by atoms with Crippen molar-refractivity contribution in [1.82, 2.24) is 14.2 Å². The van der Waals surface area contributed by atoms with Crippen LogP contribution in [0.3, 0.4) is 0 Å². The van der Waals surface area contributed by atoms with Gasteiger partial charge in [0.15, 0.2) is 6.10 Å². The Labute approximate surface area is 200 Å². The molecule has 1 unspecified atom stereocenters. The van der Waals surface area contributed by atoms with Gasteiger partial charge in [-0.05, 0) is 63.4 Å². The highest BCUT2D eigenvalue weighted by Gasteiger charge is 2.25. The lowest BCUT2D eigenvalue weighted by Crippen LogP contribution is -2.29. The van der Waals surface area contributed by atoms with Crippen LogP contribution < -0.4 is 0 Å². The van der Waals surface area contributed by atoms with E-state index >= 15 is 0 Å². The van der Waals surface area contributed by atoms with E-state index in [0.717, 1.165) is 42.3 Å². The summed E-state index contributed by atoms with van der Waals surface area (Å²) >= 11 is 0. The van der Waals surface area contributed by atoms with Crippen molar-refractivity contribution in [2.24, 2.45) is 0 Å². The molecule has 0 bridgehead atoms. The van der Waals surface area contributed by atoms with Gasteiger partial charge in [0, 0.05) is 42.8 Å². The minimum atomic E-state index is -3.20. The normalized spacial score (nSPS) is 15.5. The highest BCUT2D eigenvalue weighted by molar-refractivity contribution is 7.88. The Kier molecular flexibility index (Phi) is 10.0. The van der Waals surface area contributed by atoms with Crippen molar-refractivity contribution < 1.29 is 33.3 Å². The summed E-state index contributed by atoms with van der Waals surface area (Å²) in [5.41, 5.74) is 3.20. The largest absolute Gasteiger partial charge is 0.481 e. The second-order valence-corrected chi connectivity index (χ2v) is 10.8. The fourth-order valence-electron chi connectivity index (χ4n) is 3.60. The number of nitrogens with zero attached hydrogens (tertiary/aromatic N) is 2. The molecule has 1 aromatic heterocycles. The van der Waals surface area contributed by atoms with Gasteiger partial charge in [0.2, 0.25) is 10.0 Å². The third-order valence-corrected chi connectivity index (χ3v) is 7.76. The lowest BCUT2D eigenvalue weighted by molar-refractivity contribution is -0.152. The number of carboxylic acid groups (broad SMARTS) is 2. The molecular weight excluding hydrogens is 462 g/mol. The van der Waals surface area contributed by atoms with Crippen LogP contribution in [-0.2, 0) is 31.8 Å². The van der Waals surface area contributed by atoms with Crippen molar-refractivity contribution >= 4 is 32.9 Å². The summed E-state index contributed by atoms with van der Waals surface area (Å²) in [5, 5.41) is 25.3. The number of fused-ring (bicyclic) bond motifs is 1. The van der Waals surface area contributed by atoms with E-state index in [9.17, 15) is 18.0 Å². The monoisotopic (exact) mass is 497 g/mol. The number of nitrogens with one attached hydrogen (secondary N) is 1. The Balaban J connectivity index is 0.000000387. The Morgan fingerprint density at radius 2 is 1.82 bits per heavy atom. The van der Waals surface area contributed by atoms with E-state index in [1.807, 2.05) is 18.2 Å². The average Bonchev–Trinajstić information content (AvgIpc) is 3.42. The molecule has 0 spiro atoms. The second kappa shape index (κ2) is 12.3. The van der Waals surface area contributed by atoms with Crippen molar-refractivity contribution in [3.05, 3.63) is 35.5 Å². The van der Waals surface area contributed by atoms with E-state index in [-0.39, 0.29) is 5.75 Å². The van der Waals surface area contributed by atoms with E-state index < -0.39 is 34.5 Å². The minimum absolute atomic E-state index is 0.0967. The molecule has 1 saturated heterocycles. The van der Waals surface area contributed by atoms with Gasteiger partial charge in [-0.1, -0.05) is 6.07 Å². The van der Waals surface area contributed by atoms with Crippen molar-refractivity contribution in [1.29, 1.82) is 0 Å². The molecule has 1 aromatic carbocycles. The fraction of sp³-hybridized carbons (Fsp3) is 0.565. The summed E-state index contributed by atoms with van der Waals surface area (Å²) < 4.78 is 26.8. The molecule has 0 amide bonds. The van der Waals surface area contributed by atoms with E-state index in [1.54, 1.807) is 4.31 Å². The lowest BCUT2D eigenvalue weighted by Gasteiger charge is -2.20. The quantitative estimate of drug-likeness (QED) is 0.388. The highest BCUT2D eigenvalue weighted by Crippen LogP contribution is 2.23. The summed E-state index contributed by atoms with van der Waals surface area (Å²) in [7, 11) is -1.07. The third-order valence-electron chi connectivity index (χ3n) is 5.91. The topological polar surface area (TPSA) is 151 Å². The summed E-state index contributed by atoms with van der Waals surface area (Å²) in [6.45, 7) is 6.71. The number of carbonyl (C=O) groups is 2. The number of aliphatic carboxylic acids is 2. The molecule has 1 aliphatic rings. The number of aromatic nitrogens is 1. The summed E-state index contributed by atoms with van der Waals surface area (Å²) in [6, 6.07) is 6.49. The summed E-state index contributed by atoms with van der Waals surface area (Å²) in [5.74, 6) is -2.75. The van der Waals surface area contributed by atoms with Crippen LogP contribution >= 0.6 is 0 Å². The molecule has 0 radical (unpaired) electrons. The molecule has 0 saturated carbocycles. The average molecular weight is 498 g/mol. The van der Waals surface area contributed by atoms with Gasteiger partial charge in [-0.15, -0.1) is 0 Å². The molecule has 34 heavy (non-hydrogen) atoms. The van der Waals surface area contributed by atoms with Crippen LogP contribution in [0.1, 0.15) is 44.2 Å². The molecule has 10 nitrogen and oxygen atoms in total. The first-order valence-electron chi connectivity index (χ1n) is 11.3. The van der Waals surface area contributed by atoms with E-state index in [1.165, 1.54) is 5.56 Å². The minimum Gasteiger partial charge on any atom is -0.481 e. The van der Waals surface area contributed by atoms with Gasteiger partial charge in [-0.2, -0.15) is 0 Å². The van der Waals surface area contributed by atoms with Gasteiger partial charge < -0.3 is 25.2 Å². The van der Waals surface area contributed by atoms with Crippen LogP contribution in [0.5, 0.6) is 0 Å². The number of aliphatic hydroxyl groups excluding tert-OH is 1. The van der Waals surface area contributed by atoms with Crippen molar-refractivity contribution in [2.45, 2.75) is 57.4 Å². The Bertz CT molecular complexity index is 1080. The fourth-order valence-corrected chi connectivity index (χ4v) is 5.20. The van der Waals surface area contributed by atoms with Gasteiger partial charge in [0.1, 0.15) is 0 Å². The molecule has 2 aromatic rings. The van der Waals surface area contributed by atoms with Crippen LogP contribution in [0, 0.1) is 0 Å². The zero-order valence-electron chi connectivity index (χ0n) is 19.9. The van der Waals surface area contributed by atoms with Crippen LogP contribution in [0.15, 0.2) is 24.4 Å². The van der Waals surface area contributed by atoms with Crippen molar-refractivity contribution in [3.8, 4) is 0 Å². The second-order valence-electron chi connectivity index (χ2n) is 8.83. The van der Waals surface area contributed by atoms with Crippen molar-refractivity contribution in [2.75, 3.05) is 26.7 Å². The number of rotatable bonds is 10. The van der Waals surface area contributed by atoms with E-state index in [4.69, 9.17) is 15.3 Å². The zero-order chi connectivity index (χ0) is 25.5. The lowest BCUT2D eigenvalue weighted by atomic mass is 10.1. The highest BCUT2D eigenvalue weighted by atomic mass is 32.2. The molecule has 3 rings (SSSR count). The molecule has 1 fully saturated rings. The number of likely N-dealkylation sites (N-methyl/N-ethyl adjacent to an activating group) is 1. The molecule has 4 N–H and O–H groups in total. The van der Waals surface area contributed by atoms with Crippen LogP contribution in [0.4, 0.5) is 0 Å². The van der Waals surface area contributed by atoms with Gasteiger partial charge in [-0.25, -0.2) is 17.5 Å². The molecule has 190 valence electrons. The maximum absolute atomic E-state index is 12.6. The molecule has 2 heterocycles. The number of hydrogen-bond donors (Lipinski definition) is 4. The Morgan fingerprint density at radius 1 is 1.18 bits per heavy atom. The first-order chi connectivity index (χ1) is 15.9. The Hall–Kier alpha value is -2.47. The summed E-state index contributed by atoms with van der Waals surface area (Å²) in [4.78, 5) is 25.0. The zero-order valence-corrected chi connectivity index (χ0v) is 20.7. The molecule has 0 aliphatic carbocycles. The van der Waals surface area contributed by atoms with Crippen LogP contribution in [-0.4, -0.2) is 88.7 Å². The summed E-state index contributed by atoms with van der Waals surface area (Å²) in [6.07, 6.45) is 2.42. The number of sulfonamides is 1. The van der Waals surface area contributed by atoms with E-state index in [0.29, 0.717) is 19.1 Å². The molecule has 11 heteroatoms. The SMILES string of the molecule is CC(C)N(C)CCc1c[nH]c2ccc(CS(=O)(=O)N3CCCC3)cc12.O=C(O)CC(O)C(=O)O. The predicted molar refractivity (Wildman–Crippen MR) is 129 cm³/mol. The number of H-pyrrole nitrogens is 1. The first kappa shape index (κ1) is 27.8. The number of aliphatic hydroxyl groups is 1. The Morgan fingerprint density at radius 3 is 2.35 bits per heavy atom. The number of carboxylic acids is 2. The van der Waals surface area contributed by atoms with Gasteiger partial charge in [0.25, 0.3) is 0 Å². The molecular formula is C23H35N3O7S. The predicted octanol–water partition coefficient (Wildman–Crippen LogP) is 1.88. The van der Waals surface area contributed by atoms with Gasteiger partial charge >= 0.3 is 11.9 Å². The van der Waals surface area contributed by atoms with Crippen LogP contribution in [0.25, 0.3) is 10.9 Å². The molecule has 1 aliphatic heterocycles. The standard InChI is InChI=1S/C19H29N3O2S.C4H6O5/c1-15(2)21(3)11-8-17-13-20-19-7-6-16(12-18(17)19)14-25(23,24)22-9-4-5-10-22;5-2(4(8)9)1-3(6)7/h6-7,12-13,15,20H,4-5,8-11,14H2,1-3H3;2,5H,1H2,(H,6,7)(H,8,9). The van der Waals surface area contributed by atoms with Crippen LogP contribution in [0.2, 0.25) is 0 Å². The number of hydrogen-bond acceptors (Lipinski definition) is 6.